The lowest BCUT2D eigenvalue weighted by Gasteiger charge is -2.31. The second kappa shape index (κ2) is 10.7. The summed E-state index contributed by atoms with van der Waals surface area (Å²) in [6.07, 6.45) is 1.74. The minimum atomic E-state index is -0.805. The zero-order valence-electron chi connectivity index (χ0n) is 20.1. The molecule has 33 heavy (non-hydrogen) atoms. The van der Waals surface area contributed by atoms with Gasteiger partial charge in [-0.05, 0) is 53.5 Å². The predicted molar refractivity (Wildman–Crippen MR) is 120 cm³/mol. The molecular formula is C23H37N5O5. The Morgan fingerprint density at radius 3 is 2.52 bits per heavy atom. The first-order chi connectivity index (χ1) is 15.6. The van der Waals surface area contributed by atoms with Gasteiger partial charge in [-0.2, -0.15) is 5.26 Å². The number of hydrogen-bond donors (Lipinski definition) is 2. The third-order valence-electron chi connectivity index (χ3n) is 6.41. The summed E-state index contributed by atoms with van der Waals surface area (Å²) in [5, 5.41) is 15.0. The van der Waals surface area contributed by atoms with E-state index in [0.717, 1.165) is 25.9 Å². The minimum Gasteiger partial charge on any atom is -0.446 e. The van der Waals surface area contributed by atoms with Crippen molar-refractivity contribution in [3.63, 3.8) is 0 Å². The van der Waals surface area contributed by atoms with Crippen molar-refractivity contribution in [2.45, 2.75) is 82.8 Å². The third-order valence-corrected chi connectivity index (χ3v) is 6.41. The van der Waals surface area contributed by atoms with Gasteiger partial charge in [0.1, 0.15) is 18.2 Å². The van der Waals surface area contributed by atoms with Crippen LogP contribution < -0.4 is 10.6 Å². The maximum Gasteiger partial charge on any atom is 0.410 e. The van der Waals surface area contributed by atoms with Crippen LogP contribution in [0.4, 0.5) is 4.79 Å². The van der Waals surface area contributed by atoms with Crippen LogP contribution in [0.25, 0.3) is 0 Å². The number of hydrogen-bond acceptors (Lipinski definition) is 7. The normalized spacial score (nSPS) is 27.7. The van der Waals surface area contributed by atoms with Gasteiger partial charge in [0.25, 0.3) is 0 Å². The molecule has 0 aromatic heterocycles. The SMILES string of the molecule is CN1CCC(OC(=O)N2C[C@H](OC(C)(C)C)CC2C(=O)N[C@H](C#N)C[C@@H]2CCNC2=O)CC1. The molecule has 0 saturated carbocycles. The first-order valence-electron chi connectivity index (χ1n) is 11.9. The number of rotatable bonds is 6. The molecule has 3 heterocycles. The first-order valence-corrected chi connectivity index (χ1v) is 11.9. The highest BCUT2D eigenvalue weighted by atomic mass is 16.6. The summed E-state index contributed by atoms with van der Waals surface area (Å²) in [4.78, 5) is 41.7. The zero-order valence-corrected chi connectivity index (χ0v) is 20.1. The lowest BCUT2D eigenvalue weighted by Crippen LogP contribution is -2.50. The summed E-state index contributed by atoms with van der Waals surface area (Å²) in [6.45, 7) is 8.34. The fourth-order valence-electron chi connectivity index (χ4n) is 4.71. The Labute approximate surface area is 195 Å². The van der Waals surface area contributed by atoms with Gasteiger partial charge in [-0.25, -0.2) is 4.79 Å². The van der Waals surface area contributed by atoms with Gasteiger partial charge in [0, 0.05) is 32.0 Å². The van der Waals surface area contributed by atoms with E-state index in [0.29, 0.717) is 19.4 Å². The second-order valence-corrected chi connectivity index (χ2v) is 10.3. The van der Waals surface area contributed by atoms with Gasteiger partial charge in [-0.1, -0.05) is 0 Å². The van der Waals surface area contributed by atoms with Gasteiger partial charge < -0.3 is 25.0 Å². The Bertz CT molecular complexity index is 768. The predicted octanol–water partition coefficient (Wildman–Crippen LogP) is 1.01. The van der Waals surface area contributed by atoms with E-state index in [1.807, 2.05) is 27.8 Å². The number of nitriles is 1. The average molecular weight is 464 g/mol. The van der Waals surface area contributed by atoms with Gasteiger partial charge in [0.2, 0.25) is 11.8 Å². The molecule has 3 amide bonds. The standard InChI is InChI=1S/C23H37N5O5/c1-23(2,3)33-18-12-19(21(30)26-16(13-24)11-15-5-8-25-20(15)29)28(14-18)22(31)32-17-6-9-27(4)10-7-17/h15-19H,5-12,14H2,1-4H3,(H,25,29)(H,26,30)/t15-,16-,18+,19?/m0/s1. The summed E-state index contributed by atoms with van der Waals surface area (Å²) < 4.78 is 11.8. The molecule has 0 bridgehead atoms. The van der Waals surface area contributed by atoms with E-state index in [1.54, 1.807) is 0 Å². The van der Waals surface area contributed by atoms with Crippen molar-refractivity contribution in [3.05, 3.63) is 0 Å². The highest BCUT2D eigenvalue weighted by Gasteiger charge is 2.43. The van der Waals surface area contributed by atoms with E-state index >= 15 is 0 Å². The van der Waals surface area contributed by atoms with Crippen LogP contribution in [0.2, 0.25) is 0 Å². The maximum absolute atomic E-state index is 13.2. The molecule has 0 spiro atoms. The molecule has 3 aliphatic rings. The Morgan fingerprint density at radius 2 is 1.94 bits per heavy atom. The lowest BCUT2D eigenvalue weighted by atomic mass is 9.99. The third kappa shape index (κ3) is 7.05. The van der Waals surface area contributed by atoms with Crippen LogP contribution in [0, 0.1) is 17.2 Å². The molecule has 0 aliphatic carbocycles. The molecule has 10 heteroatoms. The molecule has 3 aliphatic heterocycles. The quantitative estimate of drug-likeness (QED) is 0.602. The van der Waals surface area contributed by atoms with E-state index in [2.05, 4.69) is 21.6 Å². The lowest BCUT2D eigenvalue weighted by molar-refractivity contribution is -0.127. The molecule has 0 aromatic carbocycles. The zero-order chi connectivity index (χ0) is 24.2. The highest BCUT2D eigenvalue weighted by molar-refractivity contribution is 5.87. The molecular weight excluding hydrogens is 426 g/mol. The summed E-state index contributed by atoms with van der Waals surface area (Å²) in [5.41, 5.74) is -0.426. The second-order valence-electron chi connectivity index (χ2n) is 10.3. The molecule has 0 aromatic rings. The van der Waals surface area contributed by atoms with Crippen LogP contribution in [0.1, 0.15) is 52.9 Å². The molecule has 10 nitrogen and oxygen atoms in total. The van der Waals surface area contributed by atoms with Crippen molar-refractivity contribution in [2.24, 2.45) is 5.92 Å². The van der Waals surface area contributed by atoms with E-state index in [4.69, 9.17) is 9.47 Å². The summed E-state index contributed by atoms with van der Waals surface area (Å²) in [6, 6.07) is 0.492. The fourth-order valence-corrected chi connectivity index (χ4v) is 4.71. The van der Waals surface area contributed by atoms with E-state index < -0.39 is 29.7 Å². The number of carbonyl (C=O) groups is 3. The van der Waals surface area contributed by atoms with Crippen LogP contribution in [-0.4, -0.2) is 90.8 Å². The van der Waals surface area contributed by atoms with Crippen molar-refractivity contribution in [1.82, 2.24) is 20.4 Å². The number of likely N-dealkylation sites (tertiary alicyclic amines) is 2. The molecule has 2 N–H and O–H groups in total. The molecule has 3 fully saturated rings. The van der Waals surface area contributed by atoms with Crippen LogP contribution in [0.5, 0.6) is 0 Å². The van der Waals surface area contributed by atoms with Gasteiger partial charge in [0.05, 0.1) is 24.3 Å². The topological polar surface area (TPSA) is 124 Å². The largest absolute Gasteiger partial charge is 0.446 e. The van der Waals surface area contributed by atoms with E-state index in [1.165, 1.54) is 4.90 Å². The Kier molecular flexibility index (Phi) is 8.19. The Balaban J connectivity index is 1.65. The number of ether oxygens (including phenoxy) is 2. The summed E-state index contributed by atoms with van der Waals surface area (Å²) in [7, 11) is 2.04. The smallest absolute Gasteiger partial charge is 0.410 e. The minimum absolute atomic E-state index is 0.0904. The Morgan fingerprint density at radius 1 is 1.24 bits per heavy atom. The van der Waals surface area contributed by atoms with Gasteiger partial charge in [-0.15, -0.1) is 0 Å². The monoisotopic (exact) mass is 463 g/mol. The molecule has 3 rings (SSSR count). The molecule has 0 radical (unpaired) electrons. The fraction of sp³-hybridized carbons (Fsp3) is 0.826. The van der Waals surface area contributed by atoms with Crippen LogP contribution >= 0.6 is 0 Å². The van der Waals surface area contributed by atoms with Crippen molar-refractivity contribution in [2.75, 3.05) is 33.2 Å². The van der Waals surface area contributed by atoms with Crippen LogP contribution in [-0.2, 0) is 19.1 Å². The van der Waals surface area contributed by atoms with E-state index in [-0.39, 0.29) is 37.0 Å². The summed E-state index contributed by atoms with van der Waals surface area (Å²) in [5.74, 6) is -0.798. The van der Waals surface area contributed by atoms with Crippen LogP contribution in [0.15, 0.2) is 0 Å². The molecule has 184 valence electrons. The maximum atomic E-state index is 13.2. The molecule has 1 unspecified atom stereocenters. The highest BCUT2D eigenvalue weighted by Crippen LogP contribution is 2.27. The molecule has 3 saturated heterocycles. The number of nitrogens with zero attached hydrogens (tertiary/aromatic N) is 3. The van der Waals surface area contributed by atoms with Crippen molar-refractivity contribution in [1.29, 1.82) is 5.26 Å². The van der Waals surface area contributed by atoms with Gasteiger partial charge >= 0.3 is 6.09 Å². The van der Waals surface area contributed by atoms with E-state index in [9.17, 15) is 19.6 Å². The van der Waals surface area contributed by atoms with Crippen LogP contribution in [0.3, 0.4) is 0 Å². The first kappa shape index (κ1) is 25.2. The summed E-state index contributed by atoms with van der Waals surface area (Å²) >= 11 is 0. The average Bonchev–Trinajstić information content (AvgIpc) is 3.34. The molecule has 4 atom stereocenters. The van der Waals surface area contributed by atoms with Crippen molar-refractivity contribution < 1.29 is 23.9 Å². The number of piperidine rings is 1. The number of nitrogens with one attached hydrogen (secondary N) is 2. The van der Waals surface area contributed by atoms with Gasteiger partial charge in [0.15, 0.2) is 0 Å². The number of amides is 3. The Hall–Kier alpha value is -2.38. The van der Waals surface area contributed by atoms with Crippen molar-refractivity contribution >= 4 is 17.9 Å². The number of carbonyl (C=O) groups excluding carboxylic acids is 3. The van der Waals surface area contributed by atoms with Crippen molar-refractivity contribution in [3.8, 4) is 6.07 Å². The van der Waals surface area contributed by atoms with Gasteiger partial charge in [-0.3, -0.25) is 14.5 Å².